The van der Waals surface area contributed by atoms with E-state index >= 15 is 0 Å². The first-order valence-corrected chi connectivity index (χ1v) is 11.2. The van der Waals surface area contributed by atoms with Crippen LogP contribution in [-0.4, -0.2) is 24.5 Å². The van der Waals surface area contributed by atoms with E-state index in [1.807, 2.05) is 0 Å². The minimum absolute atomic E-state index is 0. The zero-order chi connectivity index (χ0) is 24.5. The second-order valence-corrected chi connectivity index (χ2v) is 8.21. The van der Waals surface area contributed by atoms with Gasteiger partial charge in [-0.05, 0) is 36.1 Å². The summed E-state index contributed by atoms with van der Waals surface area (Å²) in [4.78, 5) is 8.94. The van der Waals surface area contributed by atoms with Crippen molar-refractivity contribution in [3.63, 3.8) is 0 Å². The molecule has 3 aromatic rings. The first-order chi connectivity index (χ1) is 16.3. The van der Waals surface area contributed by atoms with E-state index in [0.29, 0.717) is 5.02 Å². The normalized spacial score (nSPS) is 17.0. The minimum Gasteiger partial charge on any atom is -0.873 e. The molecule has 0 aromatic heterocycles. The van der Waals surface area contributed by atoms with Crippen molar-refractivity contribution < 1.29 is 81.6 Å². The molecule has 2 atom stereocenters. The number of para-hydroxylation sites is 2. The Morgan fingerprint density at radius 3 is 1.47 bits per heavy atom. The maximum atomic E-state index is 11.8. The summed E-state index contributed by atoms with van der Waals surface area (Å²) < 4.78 is 0. The number of rotatable bonds is 4. The van der Waals surface area contributed by atoms with Crippen molar-refractivity contribution in [1.82, 2.24) is 0 Å². The van der Waals surface area contributed by atoms with Gasteiger partial charge in [0.05, 0.1) is 12.1 Å². The van der Waals surface area contributed by atoms with Gasteiger partial charge in [0.1, 0.15) is 0 Å². The average molecular weight is 723 g/mol. The molecule has 36 heavy (non-hydrogen) atoms. The van der Waals surface area contributed by atoms with Crippen molar-refractivity contribution >= 4 is 24.0 Å². The fourth-order valence-corrected chi connectivity index (χ4v) is 3.62. The first kappa shape index (κ1) is 32.2. The molecule has 1 aliphatic rings. The van der Waals surface area contributed by atoms with Crippen molar-refractivity contribution in [1.29, 1.82) is 0 Å². The molecule has 0 saturated heterocycles. The molecule has 3 aromatic carbocycles. The molecule has 0 spiro atoms. The van der Waals surface area contributed by atoms with E-state index in [1.165, 1.54) is 48.8 Å². The number of nitrogens with zero attached hydrogens (tertiary/aromatic N) is 2. The van der Waals surface area contributed by atoms with Crippen LogP contribution in [0.2, 0.25) is 5.02 Å². The van der Waals surface area contributed by atoms with E-state index in [9.17, 15) is 25.5 Å². The quantitative estimate of drug-likeness (QED) is 0.300. The number of benzene rings is 3. The van der Waals surface area contributed by atoms with Gasteiger partial charge in [-0.25, -0.2) is 0 Å². The molecule has 1 aliphatic carbocycles. The molecule has 186 valence electrons. The van der Waals surface area contributed by atoms with Crippen molar-refractivity contribution in [2.75, 3.05) is 0 Å². The third-order valence-corrected chi connectivity index (χ3v) is 5.59. The molecule has 0 amide bonds. The molecule has 4 rings (SSSR count). The van der Waals surface area contributed by atoms with Crippen LogP contribution in [0.25, 0.3) is 0 Å². The van der Waals surface area contributed by atoms with Gasteiger partial charge in [-0.1, -0.05) is 73.0 Å². The van der Waals surface area contributed by atoms with Crippen molar-refractivity contribution in [2.24, 2.45) is 9.98 Å². The van der Waals surface area contributed by atoms with E-state index in [4.69, 9.17) is 11.6 Å². The predicted octanol–water partition coefficient (Wildman–Crippen LogP) is 2.24. The average Bonchev–Trinajstić information content (AvgIpc) is 2.84. The Morgan fingerprint density at radius 1 is 0.667 bits per heavy atom. The van der Waals surface area contributed by atoms with Crippen LogP contribution in [-0.2, 0) is 20.4 Å². The topological polar surface area (TPSA) is 140 Å². The Hall–Kier alpha value is -1.85. The molecule has 0 N–H and O–H groups in total. The monoisotopic (exact) mass is 722 g/mol. The summed E-state index contributed by atoms with van der Waals surface area (Å²) in [6, 6.07) is 14.4. The SMILES string of the molecule is [La+3].[O-]c1ccc(Cl)cc1.[O-]c1cccc(C=NC2CCCCC2N=Cc2cccc([O-])c2[O-])c1[O-].[Pd+2]. The summed E-state index contributed by atoms with van der Waals surface area (Å²) >= 11 is 5.47. The fraction of sp³-hybridized carbons (Fsp3) is 0.231. The van der Waals surface area contributed by atoms with E-state index in [1.54, 1.807) is 24.3 Å². The Bertz CT molecular complexity index is 1070. The van der Waals surface area contributed by atoms with E-state index in [0.717, 1.165) is 25.7 Å². The largest absolute Gasteiger partial charge is 3.00 e. The maximum absolute atomic E-state index is 11.8. The molecule has 0 heterocycles. The van der Waals surface area contributed by atoms with Gasteiger partial charge in [0, 0.05) is 17.5 Å². The van der Waals surface area contributed by atoms with Crippen LogP contribution in [0.4, 0.5) is 0 Å². The van der Waals surface area contributed by atoms with Gasteiger partial charge in [0.25, 0.3) is 0 Å². The van der Waals surface area contributed by atoms with Gasteiger partial charge in [-0.15, -0.1) is 28.7 Å². The van der Waals surface area contributed by atoms with Crippen molar-refractivity contribution in [3.05, 3.63) is 76.8 Å². The summed E-state index contributed by atoms with van der Waals surface area (Å²) in [5, 5.41) is 57.4. The van der Waals surface area contributed by atoms with Gasteiger partial charge in [-0.2, -0.15) is 0 Å². The Morgan fingerprint density at radius 2 is 1.08 bits per heavy atom. The summed E-state index contributed by atoms with van der Waals surface area (Å²) in [6.45, 7) is 0. The van der Waals surface area contributed by atoms with Gasteiger partial charge in [0.2, 0.25) is 0 Å². The molecule has 0 bridgehead atoms. The van der Waals surface area contributed by atoms with Crippen LogP contribution in [0.15, 0.2) is 70.6 Å². The van der Waals surface area contributed by atoms with E-state index in [2.05, 4.69) is 9.98 Å². The Labute approximate surface area is 256 Å². The number of halogens is 1. The first-order valence-electron chi connectivity index (χ1n) is 10.8. The third kappa shape index (κ3) is 9.55. The Kier molecular flexibility index (Phi) is 14.4. The molecule has 10 heteroatoms. The van der Waals surface area contributed by atoms with Crippen LogP contribution < -0.4 is 25.5 Å². The molecular weight excluding hydrogens is 701 g/mol. The summed E-state index contributed by atoms with van der Waals surface area (Å²) in [5.41, 5.74) is 0.540. The van der Waals surface area contributed by atoms with Crippen LogP contribution in [0.1, 0.15) is 36.8 Å². The summed E-state index contributed by atoms with van der Waals surface area (Å²) in [7, 11) is 0. The molecule has 1 saturated carbocycles. The van der Waals surface area contributed by atoms with Gasteiger partial charge < -0.3 is 25.5 Å². The van der Waals surface area contributed by atoms with E-state index in [-0.39, 0.29) is 85.0 Å². The standard InChI is InChI=1S/C20H22N2O4.C6H5ClO.La.Pd/c23-17-9-3-5-13(19(17)25)11-21-15-7-1-2-8-16(15)22-12-14-6-4-10-18(24)20(14)26;7-5-1-3-6(8)4-2-5;;/h3-6,9-12,15-16,23-26H,1-2,7-8H2;1-4,8H;;/q;;+3;+2/p-5. The molecule has 0 aliphatic heterocycles. The van der Waals surface area contributed by atoms with Crippen LogP contribution in [0.5, 0.6) is 28.7 Å². The second kappa shape index (κ2) is 16.1. The minimum atomic E-state index is -0.560. The van der Waals surface area contributed by atoms with Crippen molar-refractivity contribution in [3.8, 4) is 28.7 Å². The summed E-state index contributed by atoms with van der Waals surface area (Å²) in [5.74, 6) is -2.22. The molecule has 7 nitrogen and oxygen atoms in total. The van der Waals surface area contributed by atoms with Gasteiger partial charge in [-0.3, -0.25) is 9.98 Å². The number of hydrogen-bond acceptors (Lipinski definition) is 7. The van der Waals surface area contributed by atoms with Gasteiger partial charge in [0.15, 0.2) is 0 Å². The maximum Gasteiger partial charge on any atom is 3.00 e. The van der Waals surface area contributed by atoms with Crippen LogP contribution >= 0.6 is 11.6 Å². The molecule has 0 radical (unpaired) electrons. The van der Waals surface area contributed by atoms with Crippen LogP contribution in [0.3, 0.4) is 0 Å². The molecule has 1 fully saturated rings. The summed E-state index contributed by atoms with van der Waals surface area (Å²) in [6.07, 6.45) is 6.52. The van der Waals surface area contributed by atoms with E-state index < -0.39 is 23.0 Å². The molecule has 2 unspecified atom stereocenters. The zero-order valence-electron chi connectivity index (χ0n) is 19.1. The fourth-order valence-electron chi connectivity index (χ4n) is 3.50. The smallest absolute Gasteiger partial charge is 0.873 e. The van der Waals surface area contributed by atoms with Gasteiger partial charge >= 0.3 is 56.0 Å². The number of hydrogen-bond donors (Lipinski definition) is 0. The Balaban J connectivity index is 0.000000555. The van der Waals surface area contributed by atoms with Crippen LogP contribution in [0, 0.1) is 35.6 Å². The molecular formula is C26H22ClLaN2O5Pd. The third-order valence-electron chi connectivity index (χ3n) is 5.34. The predicted molar refractivity (Wildman–Crippen MR) is 123 cm³/mol. The second-order valence-electron chi connectivity index (χ2n) is 7.78. The number of aliphatic imine (C=N–C) groups is 2. The zero-order valence-corrected chi connectivity index (χ0v) is 25.1. The van der Waals surface area contributed by atoms with Crippen molar-refractivity contribution in [2.45, 2.75) is 37.8 Å².